The Morgan fingerprint density at radius 3 is 2.07 bits per heavy atom. The maximum Gasteiger partial charge on any atom is 0.401 e. The molecule has 0 radical (unpaired) electrons. The van der Waals surface area contributed by atoms with Gasteiger partial charge in [0.2, 0.25) is 0 Å². The lowest BCUT2D eigenvalue weighted by atomic mass is 9.88. The van der Waals surface area contributed by atoms with Gasteiger partial charge in [0.1, 0.15) is 5.54 Å². The summed E-state index contributed by atoms with van der Waals surface area (Å²) in [5.74, 6) is -1.71. The highest BCUT2D eigenvalue weighted by molar-refractivity contribution is 5.78. The molecule has 0 bridgehead atoms. The van der Waals surface area contributed by atoms with Crippen molar-refractivity contribution in [1.29, 1.82) is 0 Å². The van der Waals surface area contributed by atoms with E-state index in [1.165, 1.54) is 6.92 Å². The highest BCUT2D eigenvalue weighted by Gasteiger charge is 2.40. The molecule has 0 rings (SSSR count). The molecule has 0 fully saturated rings. The second-order valence-corrected chi connectivity index (χ2v) is 3.63. The summed E-state index contributed by atoms with van der Waals surface area (Å²) in [7, 11) is 0. The van der Waals surface area contributed by atoms with Crippen molar-refractivity contribution in [2.24, 2.45) is 5.92 Å². The van der Waals surface area contributed by atoms with Gasteiger partial charge in [-0.3, -0.25) is 10.1 Å². The zero-order chi connectivity index (χ0) is 11.6. The summed E-state index contributed by atoms with van der Waals surface area (Å²) < 4.78 is 35.6. The number of carboxylic acid groups (broad SMARTS) is 1. The average molecular weight is 213 g/mol. The van der Waals surface area contributed by atoms with Gasteiger partial charge in [-0.2, -0.15) is 13.2 Å². The van der Waals surface area contributed by atoms with Gasteiger partial charge >= 0.3 is 12.1 Å². The van der Waals surface area contributed by atoms with Gasteiger partial charge in [-0.05, 0) is 12.8 Å². The molecule has 1 atom stereocenters. The van der Waals surface area contributed by atoms with Crippen LogP contribution in [-0.4, -0.2) is 29.3 Å². The van der Waals surface area contributed by atoms with Gasteiger partial charge in [0.15, 0.2) is 0 Å². The highest BCUT2D eigenvalue weighted by atomic mass is 19.4. The minimum Gasteiger partial charge on any atom is -0.480 e. The van der Waals surface area contributed by atoms with Crippen LogP contribution in [0.1, 0.15) is 20.8 Å². The van der Waals surface area contributed by atoms with E-state index in [1.54, 1.807) is 13.8 Å². The summed E-state index contributed by atoms with van der Waals surface area (Å²) in [6.07, 6.45) is -4.40. The molecule has 0 spiro atoms. The highest BCUT2D eigenvalue weighted by Crippen LogP contribution is 2.20. The van der Waals surface area contributed by atoms with Crippen LogP contribution >= 0.6 is 0 Å². The molecular formula is C8H14F3NO2. The summed E-state index contributed by atoms with van der Waals surface area (Å²) in [6.45, 7) is 3.05. The predicted octanol–water partition coefficient (Wildman–Crippen LogP) is 1.64. The first kappa shape index (κ1) is 13.2. The molecule has 0 aliphatic carbocycles. The second kappa shape index (κ2) is 4.16. The molecule has 2 N–H and O–H groups in total. The van der Waals surface area contributed by atoms with Crippen LogP contribution in [0.25, 0.3) is 0 Å². The molecule has 0 aromatic rings. The Balaban J connectivity index is 4.48. The van der Waals surface area contributed by atoms with Crippen LogP contribution in [0.2, 0.25) is 0 Å². The lowest BCUT2D eigenvalue weighted by Crippen LogP contribution is -2.56. The zero-order valence-corrected chi connectivity index (χ0v) is 8.27. The summed E-state index contributed by atoms with van der Waals surface area (Å²) in [5.41, 5.74) is -1.55. The van der Waals surface area contributed by atoms with E-state index < -0.39 is 30.1 Å². The van der Waals surface area contributed by atoms with E-state index in [2.05, 4.69) is 0 Å². The largest absolute Gasteiger partial charge is 0.480 e. The summed E-state index contributed by atoms with van der Waals surface area (Å²) in [5, 5.41) is 10.8. The monoisotopic (exact) mass is 213 g/mol. The van der Waals surface area contributed by atoms with Crippen LogP contribution in [0.3, 0.4) is 0 Å². The van der Waals surface area contributed by atoms with E-state index in [1.807, 2.05) is 5.32 Å². The van der Waals surface area contributed by atoms with Crippen LogP contribution in [-0.2, 0) is 4.79 Å². The fourth-order valence-electron chi connectivity index (χ4n) is 0.811. The number of nitrogens with one attached hydrogen (secondary N) is 1. The Bertz CT molecular complexity index is 215. The minimum absolute atomic E-state index is 0.428. The van der Waals surface area contributed by atoms with Crippen LogP contribution in [0.15, 0.2) is 0 Å². The molecule has 84 valence electrons. The van der Waals surface area contributed by atoms with Gasteiger partial charge in [0.25, 0.3) is 0 Å². The molecule has 0 saturated carbocycles. The van der Waals surface area contributed by atoms with Gasteiger partial charge < -0.3 is 5.11 Å². The van der Waals surface area contributed by atoms with Crippen molar-refractivity contribution in [3.63, 3.8) is 0 Å². The van der Waals surface area contributed by atoms with Crippen LogP contribution in [0.5, 0.6) is 0 Å². The van der Waals surface area contributed by atoms with Crippen molar-refractivity contribution in [2.75, 3.05) is 6.54 Å². The standard InChI is InChI=1S/C8H14F3NO2/c1-5(2)7(3,6(13)14)12-4-8(9,10)11/h5,12H,4H2,1-3H3,(H,13,14). The van der Waals surface area contributed by atoms with Crippen molar-refractivity contribution >= 4 is 5.97 Å². The molecule has 6 heteroatoms. The van der Waals surface area contributed by atoms with Crippen LogP contribution in [0.4, 0.5) is 13.2 Å². The Kier molecular flexibility index (Phi) is 3.93. The SMILES string of the molecule is CC(C)C(C)(NCC(F)(F)F)C(=O)O. The molecule has 0 heterocycles. The number of halogens is 3. The van der Waals surface area contributed by atoms with Crippen molar-refractivity contribution in [3.8, 4) is 0 Å². The van der Waals surface area contributed by atoms with E-state index in [0.717, 1.165) is 0 Å². The number of hydrogen-bond acceptors (Lipinski definition) is 2. The predicted molar refractivity (Wildman–Crippen MR) is 44.9 cm³/mol. The first-order chi connectivity index (χ1) is 6.09. The minimum atomic E-state index is -4.40. The quantitative estimate of drug-likeness (QED) is 0.746. The molecule has 3 nitrogen and oxygen atoms in total. The van der Waals surface area contributed by atoms with Crippen molar-refractivity contribution in [2.45, 2.75) is 32.5 Å². The molecule has 0 aromatic carbocycles. The molecular weight excluding hydrogens is 199 g/mol. The summed E-state index contributed by atoms with van der Waals surface area (Å²) in [4.78, 5) is 10.7. The number of carbonyl (C=O) groups is 1. The fourth-order valence-corrected chi connectivity index (χ4v) is 0.811. The van der Waals surface area contributed by atoms with Crippen LogP contribution in [0, 0.1) is 5.92 Å². The number of aliphatic carboxylic acids is 1. The lowest BCUT2D eigenvalue weighted by molar-refractivity contribution is -0.151. The third kappa shape index (κ3) is 3.53. The Morgan fingerprint density at radius 1 is 1.43 bits per heavy atom. The Labute approximate surface area is 80.3 Å². The van der Waals surface area contributed by atoms with E-state index in [4.69, 9.17) is 5.11 Å². The van der Waals surface area contributed by atoms with E-state index in [-0.39, 0.29) is 0 Å². The van der Waals surface area contributed by atoms with E-state index >= 15 is 0 Å². The first-order valence-corrected chi connectivity index (χ1v) is 4.15. The normalized spacial score (nSPS) is 16.8. The molecule has 0 saturated heterocycles. The number of rotatable bonds is 4. The number of alkyl halides is 3. The average Bonchev–Trinajstić information content (AvgIpc) is 1.97. The maximum absolute atomic E-state index is 11.9. The topological polar surface area (TPSA) is 49.3 Å². The van der Waals surface area contributed by atoms with E-state index in [0.29, 0.717) is 0 Å². The van der Waals surface area contributed by atoms with E-state index in [9.17, 15) is 18.0 Å². The molecule has 0 amide bonds. The lowest BCUT2D eigenvalue weighted by Gasteiger charge is -2.30. The van der Waals surface area contributed by atoms with Crippen molar-refractivity contribution in [3.05, 3.63) is 0 Å². The third-order valence-corrected chi connectivity index (χ3v) is 2.26. The van der Waals surface area contributed by atoms with Crippen LogP contribution < -0.4 is 5.32 Å². The zero-order valence-electron chi connectivity index (χ0n) is 8.27. The van der Waals surface area contributed by atoms with Crippen molar-refractivity contribution in [1.82, 2.24) is 5.32 Å². The second-order valence-electron chi connectivity index (χ2n) is 3.63. The van der Waals surface area contributed by atoms with Crippen molar-refractivity contribution < 1.29 is 23.1 Å². The van der Waals surface area contributed by atoms with Gasteiger partial charge in [0, 0.05) is 0 Å². The molecule has 1 unspecified atom stereocenters. The smallest absolute Gasteiger partial charge is 0.401 e. The summed E-state index contributed by atoms with van der Waals surface area (Å²) >= 11 is 0. The fraction of sp³-hybridized carbons (Fsp3) is 0.875. The third-order valence-electron chi connectivity index (χ3n) is 2.26. The molecule has 0 aliphatic heterocycles. The molecule has 14 heavy (non-hydrogen) atoms. The number of hydrogen-bond donors (Lipinski definition) is 2. The van der Waals surface area contributed by atoms with Gasteiger partial charge in [-0.1, -0.05) is 13.8 Å². The first-order valence-electron chi connectivity index (χ1n) is 4.15. The van der Waals surface area contributed by atoms with Gasteiger partial charge in [0.05, 0.1) is 6.54 Å². The van der Waals surface area contributed by atoms with Gasteiger partial charge in [-0.25, -0.2) is 0 Å². The maximum atomic E-state index is 11.9. The Morgan fingerprint density at radius 2 is 1.86 bits per heavy atom. The molecule has 0 aliphatic rings. The Hall–Kier alpha value is -0.780. The molecule has 0 aromatic heterocycles. The summed E-state index contributed by atoms with van der Waals surface area (Å²) in [6, 6.07) is 0. The number of carboxylic acids is 1. The van der Waals surface area contributed by atoms with Gasteiger partial charge in [-0.15, -0.1) is 0 Å².